The van der Waals surface area contributed by atoms with Gasteiger partial charge in [-0.1, -0.05) is 50.2 Å². The average molecular weight is 426 g/mol. The highest BCUT2D eigenvalue weighted by Gasteiger charge is 2.29. The van der Waals surface area contributed by atoms with Gasteiger partial charge < -0.3 is 16.4 Å². The molecule has 0 heterocycles. The van der Waals surface area contributed by atoms with Gasteiger partial charge in [-0.05, 0) is 49.9 Å². The summed E-state index contributed by atoms with van der Waals surface area (Å²) in [6.07, 6.45) is 1.85. The van der Waals surface area contributed by atoms with Crippen molar-refractivity contribution in [2.24, 2.45) is 0 Å². The summed E-state index contributed by atoms with van der Waals surface area (Å²) in [7, 11) is 0. The molecule has 0 fully saturated rings. The van der Waals surface area contributed by atoms with E-state index in [0.717, 1.165) is 18.4 Å². The number of nitrogens with one attached hydrogen (secondary N) is 2. The van der Waals surface area contributed by atoms with E-state index in [4.69, 9.17) is 5.73 Å². The minimum Gasteiger partial charge on any atom is -0.399 e. The summed E-state index contributed by atoms with van der Waals surface area (Å²) in [5, 5.41) is 6.85. The van der Waals surface area contributed by atoms with Gasteiger partial charge >= 0.3 is 0 Å². The summed E-state index contributed by atoms with van der Waals surface area (Å²) < 4.78 is 0. The first-order valence-electron chi connectivity index (χ1n) is 9.37. The number of amides is 1. The predicted octanol–water partition coefficient (Wildman–Crippen LogP) is 5.06. The second-order valence-electron chi connectivity index (χ2n) is 7.02. The first-order chi connectivity index (χ1) is 12.4. The Balaban J connectivity index is 0.00000364. The summed E-state index contributed by atoms with van der Waals surface area (Å²) in [5.74, 6) is -0.0739. The van der Waals surface area contributed by atoms with E-state index in [2.05, 4.69) is 55.7 Å². The second kappa shape index (κ2) is 11.9. The Labute approximate surface area is 181 Å². The number of hydrogen-bond acceptors (Lipinski definition) is 3. The molecule has 0 radical (unpaired) electrons. The van der Waals surface area contributed by atoms with E-state index in [0.29, 0.717) is 17.8 Å². The molecule has 1 unspecified atom stereocenters. The zero-order valence-corrected chi connectivity index (χ0v) is 18.8. The summed E-state index contributed by atoms with van der Waals surface area (Å²) >= 11 is 0. The Morgan fingerprint density at radius 1 is 1.07 bits per heavy atom. The van der Waals surface area contributed by atoms with Gasteiger partial charge in [0.15, 0.2) is 0 Å². The number of rotatable bonds is 8. The normalized spacial score (nSPS) is 11.7. The van der Waals surface area contributed by atoms with Crippen LogP contribution in [0.25, 0.3) is 0 Å². The van der Waals surface area contributed by atoms with Gasteiger partial charge in [0, 0.05) is 29.4 Å². The maximum atomic E-state index is 12.7. The Morgan fingerprint density at radius 2 is 1.68 bits per heavy atom. The molecule has 1 atom stereocenters. The number of benzene rings is 2. The molecule has 0 spiro atoms. The van der Waals surface area contributed by atoms with Gasteiger partial charge in [-0.25, -0.2) is 0 Å². The number of hydrogen-bond donors (Lipinski definition) is 3. The zero-order chi connectivity index (χ0) is 19.2. The lowest BCUT2D eigenvalue weighted by Gasteiger charge is -2.36. The van der Waals surface area contributed by atoms with Crippen LogP contribution in [0.5, 0.6) is 0 Å². The lowest BCUT2D eigenvalue weighted by molar-refractivity contribution is 0.0933. The van der Waals surface area contributed by atoms with E-state index < -0.39 is 0 Å². The molecule has 0 aliphatic heterocycles. The number of anilines is 1. The molecule has 0 aromatic heterocycles. The molecule has 2 aromatic carbocycles. The first kappa shape index (κ1) is 26.2. The van der Waals surface area contributed by atoms with Crippen molar-refractivity contribution in [2.45, 2.75) is 52.1 Å². The van der Waals surface area contributed by atoms with Crippen LogP contribution in [0.15, 0.2) is 48.5 Å². The van der Waals surface area contributed by atoms with Gasteiger partial charge in [-0.2, -0.15) is 0 Å². The molecule has 4 N–H and O–H groups in total. The number of nitrogens with two attached hydrogens (primary N) is 1. The first-order valence-corrected chi connectivity index (χ1v) is 9.37. The van der Waals surface area contributed by atoms with E-state index in [1.807, 2.05) is 25.1 Å². The fourth-order valence-corrected chi connectivity index (χ4v) is 3.27. The maximum Gasteiger partial charge on any atom is 0.251 e. The van der Waals surface area contributed by atoms with Crippen LogP contribution in [0.2, 0.25) is 0 Å². The van der Waals surface area contributed by atoms with Gasteiger partial charge in [-0.15, -0.1) is 24.8 Å². The number of nitrogen functional groups attached to an aromatic ring is 1. The van der Waals surface area contributed by atoms with Crippen molar-refractivity contribution in [3.63, 3.8) is 0 Å². The van der Waals surface area contributed by atoms with Gasteiger partial charge in [0.05, 0.1) is 0 Å². The van der Waals surface area contributed by atoms with E-state index in [9.17, 15) is 4.79 Å². The van der Waals surface area contributed by atoms with Crippen LogP contribution in [0.3, 0.4) is 0 Å². The van der Waals surface area contributed by atoms with Crippen LogP contribution in [-0.4, -0.2) is 18.0 Å². The van der Waals surface area contributed by atoms with Crippen LogP contribution in [0.1, 0.15) is 61.1 Å². The zero-order valence-electron chi connectivity index (χ0n) is 17.1. The molecule has 28 heavy (non-hydrogen) atoms. The lowest BCUT2D eigenvalue weighted by atomic mass is 9.90. The van der Waals surface area contributed by atoms with Crippen LogP contribution in [0, 0.1) is 6.92 Å². The number of carbonyl (C=O) groups is 1. The van der Waals surface area contributed by atoms with Crippen molar-refractivity contribution >= 4 is 36.4 Å². The van der Waals surface area contributed by atoms with Crippen molar-refractivity contribution in [2.75, 3.05) is 12.3 Å². The third-order valence-corrected chi connectivity index (χ3v) is 5.27. The Hall–Kier alpha value is -1.75. The number of carbonyl (C=O) groups excluding carboxylic acids is 1. The average Bonchev–Trinajstić information content (AvgIpc) is 2.67. The standard InChI is InChI=1S/C22H31N3O.2ClH/c1-5-22(6-2,25-17(4)18-10-8-7-9-11-18)15-24-21(26)20-14-19(23)13-12-16(20)3;;/h7-14,17,25H,5-6,15,23H2,1-4H3,(H,24,26);2*1H. The van der Waals surface area contributed by atoms with Gasteiger partial charge in [0.1, 0.15) is 0 Å². The second-order valence-corrected chi connectivity index (χ2v) is 7.02. The molecule has 0 saturated heterocycles. The van der Waals surface area contributed by atoms with Crippen LogP contribution in [0.4, 0.5) is 5.69 Å². The maximum absolute atomic E-state index is 12.7. The van der Waals surface area contributed by atoms with Crippen molar-refractivity contribution in [1.82, 2.24) is 10.6 Å². The Morgan fingerprint density at radius 3 is 2.25 bits per heavy atom. The Bertz CT molecular complexity index is 734. The topological polar surface area (TPSA) is 67.2 Å². The van der Waals surface area contributed by atoms with Gasteiger partial charge in [-0.3, -0.25) is 4.79 Å². The molecule has 1 amide bonds. The van der Waals surface area contributed by atoms with Crippen molar-refractivity contribution in [3.05, 3.63) is 65.2 Å². The highest BCUT2D eigenvalue weighted by molar-refractivity contribution is 5.96. The third-order valence-electron chi connectivity index (χ3n) is 5.27. The summed E-state index contributed by atoms with van der Waals surface area (Å²) in [4.78, 5) is 12.7. The quantitative estimate of drug-likeness (QED) is 0.517. The molecule has 2 aromatic rings. The van der Waals surface area contributed by atoms with E-state index in [-0.39, 0.29) is 42.3 Å². The van der Waals surface area contributed by atoms with Gasteiger partial charge in [0.2, 0.25) is 0 Å². The molecule has 156 valence electrons. The van der Waals surface area contributed by atoms with E-state index >= 15 is 0 Å². The SMILES string of the molecule is CCC(CC)(CNC(=O)c1cc(N)ccc1C)NC(C)c1ccccc1.Cl.Cl. The van der Waals surface area contributed by atoms with Crippen LogP contribution < -0.4 is 16.4 Å². The van der Waals surface area contributed by atoms with Crippen molar-refractivity contribution in [1.29, 1.82) is 0 Å². The minimum atomic E-state index is -0.154. The summed E-state index contributed by atoms with van der Waals surface area (Å²) in [6.45, 7) is 8.98. The lowest BCUT2D eigenvalue weighted by Crippen LogP contribution is -2.53. The van der Waals surface area contributed by atoms with E-state index in [1.54, 1.807) is 6.07 Å². The smallest absolute Gasteiger partial charge is 0.251 e. The highest BCUT2D eigenvalue weighted by atomic mass is 35.5. The largest absolute Gasteiger partial charge is 0.399 e. The fourth-order valence-electron chi connectivity index (χ4n) is 3.27. The van der Waals surface area contributed by atoms with Crippen molar-refractivity contribution in [3.8, 4) is 0 Å². The fraction of sp³-hybridized carbons (Fsp3) is 0.409. The molecular weight excluding hydrogens is 393 g/mol. The third kappa shape index (κ3) is 6.69. The van der Waals surface area contributed by atoms with Gasteiger partial charge in [0.25, 0.3) is 5.91 Å². The Kier molecular flexibility index (Phi) is 11.2. The summed E-state index contributed by atoms with van der Waals surface area (Å²) in [5.41, 5.74) is 9.11. The summed E-state index contributed by atoms with van der Waals surface area (Å²) in [6, 6.07) is 16.0. The molecule has 0 bridgehead atoms. The van der Waals surface area contributed by atoms with E-state index in [1.165, 1.54) is 5.56 Å². The molecule has 0 aliphatic rings. The van der Waals surface area contributed by atoms with Crippen LogP contribution in [-0.2, 0) is 0 Å². The molecule has 6 heteroatoms. The van der Waals surface area contributed by atoms with Crippen LogP contribution >= 0.6 is 24.8 Å². The number of halogens is 2. The minimum absolute atomic E-state index is 0. The monoisotopic (exact) mass is 425 g/mol. The molecular formula is C22H33Cl2N3O. The molecule has 2 rings (SSSR count). The number of aryl methyl sites for hydroxylation is 1. The highest BCUT2D eigenvalue weighted by Crippen LogP contribution is 2.22. The molecule has 0 saturated carbocycles. The predicted molar refractivity (Wildman–Crippen MR) is 124 cm³/mol. The van der Waals surface area contributed by atoms with Crippen molar-refractivity contribution < 1.29 is 4.79 Å². The molecule has 4 nitrogen and oxygen atoms in total. The molecule has 0 aliphatic carbocycles.